The van der Waals surface area contributed by atoms with Gasteiger partial charge in [-0.25, -0.2) is 5.84 Å². The number of hydrogen-bond donors (Lipinski definition) is 2. The Morgan fingerprint density at radius 3 is 2.60 bits per heavy atom. The van der Waals surface area contributed by atoms with Crippen molar-refractivity contribution in [2.24, 2.45) is 16.8 Å². The Balaban J connectivity index is 4.08. The molecule has 15 heavy (non-hydrogen) atoms. The fourth-order valence-corrected chi connectivity index (χ4v) is 1.30. The van der Waals surface area contributed by atoms with Gasteiger partial charge in [-0.15, -0.1) is 0 Å². The molecule has 0 heterocycles. The molecule has 0 aromatic heterocycles. The van der Waals surface area contributed by atoms with E-state index in [9.17, 15) is 0 Å². The maximum atomic E-state index is 5.45. The van der Waals surface area contributed by atoms with E-state index in [1.54, 1.807) is 0 Å². The van der Waals surface area contributed by atoms with Crippen molar-refractivity contribution in [2.45, 2.75) is 40.0 Å². The molecule has 0 bridgehead atoms. The molecule has 1 unspecified atom stereocenters. The van der Waals surface area contributed by atoms with Crippen LogP contribution in [0.1, 0.15) is 40.0 Å². The fourth-order valence-electron chi connectivity index (χ4n) is 1.30. The van der Waals surface area contributed by atoms with Crippen LogP contribution in [0.4, 0.5) is 0 Å². The quantitative estimate of drug-likeness (QED) is 0.232. The zero-order valence-corrected chi connectivity index (χ0v) is 10.6. The number of guanidine groups is 1. The van der Waals surface area contributed by atoms with Crippen molar-refractivity contribution in [3.63, 3.8) is 0 Å². The third-order valence-corrected chi connectivity index (χ3v) is 2.55. The fraction of sp³-hybridized carbons (Fsp3) is 0.909. The average molecular weight is 214 g/mol. The Morgan fingerprint density at radius 1 is 1.47 bits per heavy atom. The molecule has 0 aromatic carbocycles. The van der Waals surface area contributed by atoms with Crippen LogP contribution in [0.5, 0.6) is 0 Å². The monoisotopic (exact) mass is 214 g/mol. The van der Waals surface area contributed by atoms with Gasteiger partial charge in [-0.2, -0.15) is 0 Å². The zero-order valence-electron chi connectivity index (χ0n) is 10.6. The van der Waals surface area contributed by atoms with E-state index in [0.717, 1.165) is 31.9 Å². The predicted octanol–water partition coefficient (Wildman–Crippen LogP) is 1.58. The normalized spacial score (nSPS) is 13.8. The molecule has 0 aromatic rings. The number of unbranched alkanes of at least 4 members (excludes halogenated alkanes) is 1. The van der Waals surface area contributed by atoms with Crippen LogP contribution in [0.25, 0.3) is 0 Å². The molecule has 4 heteroatoms. The van der Waals surface area contributed by atoms with Gasteiger partial charge in [-0.1, -0.05) is 33.6 Å². The highest BCUT2D eigenvalue weighted by atomic mass is 15.4. The van der Waals surface area contributed by atoms with Crippen LogP contribution in [-0.4, -0.2) is 31.0 Å². The van der Waals surface area contributed by atoms with Crippen molar-refractivity contribution in [1.29, 1.82) is 0 Å². The molecule has 0 saturated carbocycles. The largest absolute Gasteiger partial charge is 0.345 e. The molecule has 0 rings (SSSR count). The smallest absolute Gasteiger partial charge is 0.208 e. The lowest BCUT2D eigenvalue weighted by Gasteiger charge is -2.23. The van der Waals surface area contributed by atoms with Crippen LogP contribution in [0.15, 0.2) is 4.99 Å². The molecular formula is C11H26N4. The van der Waals surface area contributed by atoms with Gasteiger partial charge < -0.3 is 4.90 Å². The first-order valence-corrected chi connectivity index (χ1v) is 5.87. The van der Waals surface area contributed by atoms with Gasteiger partial charge >= 0.3 is 0 Å². The minimum absolute atomic E-state index is 0.666. The summed E-state index contributed by atoms with van der Waals surface area (Å²) < 4.78 is 0. The second-order valence-electron chi connectivity index (χ2n) is 4.10. The molecule has 0 radical (unpaired) electrons. The van der Waals surface area contributed by atoms with Gasteiger partial charge in [-0.3, -0.25) is 10.4 Å². The van der Waals surface area contributed by atoms with Gasteiger partial charge in [0, 0.05) is 20.1 Å². The molecule has 0 aliphatic rings. The minimum atomic E-state index is 0.666. The van der Waals surface area contributed by atoms with Crippen LogP contribution in [0.3, 0.4) is 0 Å². The highest BCUT2D eigenvalue weighted by Gasteiger charge is 2.07. The zero-order chi connectivity index (χ0) is 11.7. The summed E-state index contributed by atoms with van der Waals surface area (Å²) in [5, 5.41) is 0. The second kappa shape index (κ2) is 8.53. The van der Waals surface area contributed by atoms with Gasteiger partial charge in [0.2, 0.25) is 5.96 Å². The highest BCUT2D eigenvalue weighted by molar-refractivity contribution is 5.79. The summed E-state index contributed by atoms with van der Waals surface area (Å²) >= 11 is 0. The third kappa shape index (κ3) is 6.33. The molecule has 1 atom stereocenters. The van der Waals surface area contributed by atoms with E-state index < -0.39 is 0 Å². The Morgan fingerprint density at radius 2 is 2.13 bits per heavy atom. The van der Waals surface area contributed by atoms with E-state index >= 15 is 0 Å². The Bertz CT molecular complexity index is 179. The summed E-state index contributed by atoms with van der Waals surface area (Å²) in [4.78, 5) is 6.51. The highest BCUT2D eigenvalue weighted by Crippen LogP contribution is 2.02. The van der Waals surface area contributed by atoms with Crippen molar-refractivity contribution in [1.82, 2.24) is 10.3 Å². The van der Waals surface area contributed by atoms with Crippen LogP contribution in [-0.2, 0) is 0 Å². The summed E-state index contributed by atoms with van der Waals surface area (Å²) in [6.45, 7) is 8.43. The van der Waals surface area contributed by atoms with Crippen molar-refractivity contribution >= 4 is 5.96 Å². The number of hydrazine groups is 1. The van der Waals surface area contributed by atoms with Gasteiger partial charge in [0.1, 0.15) is 0 Å². The van der Waals surface area contributed by atoms with Crippen LogP contribution < -0.4 is 11.3 Å². The van der Waals surface area contributed by atoms with E-state index in [1.807, 2.05) is 7.05 Å². The van der Waals surface area contributed by atoms with Gasteiger partial charge in [0.25, 0.3) is 0 Å². The van der Waals surface area contributed by atoms with Crippen LogP contribution in [0, 0.1) is 5.92 Å². The number of aliphatic imine (C=N–C) groups is 1. The molecule has 0 spiro atoms. The van der Waals surface area contributed by atoms with Crippen LogP contribution in [0.2, 0.25) is 0 Å². The molecule has 0 fully saturated rings. The summed E-state index contributed by atoms with van der Waals surface area (Å²) in [5.41, 5.74) is 2.67. The molecular weight excluding hydrogens is 188 g/mol. The van der Waals surface area contributed by atoms with Crippen molar-refractivity contribution < 1.29 is 0 Å². The maximum Gasteiger partial charge on any atom is 0.208 e. The molecule has 90 valence electrons. The molecule has 4 nitrogen and oxygen atoms in total. The first-order valence-electron chi connectivity index (χ1n) is 5.87. The lowest BCUT2D eigenvalue weighted by Crippen LogP contribution is -2.44. The van der Waals surface area contributed by atoms with Gasteiger partial charge in [0.05, 0.1) is 0 Å². The molecule has 0 saturated heterocycles. The molecule has 0 aliphatic carbocycles. The van der Waals surface area contributed by atoms with Gasteiger partial charge in [-0.05, 0) is 12.3 Å². The topological polar surface area (TPSA) is 53.6 Å². The Hall–Kier alpha value is -0.770. The number of nitrogens with zero attached hydrogens (tertiary/aromatic N) is 2. The lowest BCUT2D eigenvalue weighted by atomic mass is 10.1. The number of nitrogens with one attached hydrogen (secondary N) is 1. The average Bonchev–Trinajstić information content (AvgIpc) is 2.24. The van der Waals surface area contributed by atoms with E-state index in [0.29, 0.717) is 5.92 Å². The summed E-state index contributed by atoms with van der Waals surface area (Å²) in [6, 6.07) is 0. The summed E-state index contributed by atoms with van der Waals surface area (Å²) in [5.74, 6) is 6.91. The van der Waals surface area contributed by atoms with Crippen molar-refractivity contribution in [3.8, 4) is 0 Å². The molecule has 0 amide bonds. The predicted molar refractivity (Wildman–Crippen MR) is 66.6 cm³/mol. The first-order chi connectivity index (χ1) is 7.15. The van der Waals surface area contributed by atoms with Crippen molar-refractivity contribution in [3.05, 3.63) is 0 Å². The summed E-state index contributed by atoms with van der Waals surface area (Å²) in [6.07, 6.45) is 3.45. The number of hydrogen-bond acceptors (Lipinski definition) is 2. The lowest BCUT2D eigenvalue weighted by molar-refractivity contribution is 0.384. The molecule has 0 aliphatic heterocycles. The number of rotatable bonds is 6. The SMILES string of the molecule is CCCCN=C(NN)N(C)CC(C)CC. The van der Waals surface area contributed by atoms with E-state index in [4.69, 9.17) is 5.84 Å². The van der Waals surface area contributed by atoms with E-state index in [2.05, 4.69) is 36.1 Å². The first kappa shape index (κ1) is 14.2. The third-order valence-electron chi connectivity index (χ3n) is 2.55. The van der Waals surface area contributed by atoms with Gasteiger partial charge in [0.15, 0.2) is 0 Å². The van der Waals surface area contributed by atoms with Crippen molar-refractivity contribution in [2.75, 3.05) is 20.1 Å². The Labute approximate surface area is 93.9 Å². The maximum absolute atomic E-state index is 5.45. The summed E-state index contributed by atoms with van der Waals surface area (Å²) in [7, 11) is 2.02. The number of nitrogens with two attached hydrogens (primary N) is 1. The van der Waals surface area contributed by atoms with E-state index in [1.165, 1.54) is 6.42 Å². The Kier molecular flexibility index (Phi) is 8.09. The van der Waals surface area contributed by atoms with E-state index in [-0.39, 0.29) is 0 Å². The van der Waals surface area contributed by atoms with Crippen LogP contribution >= 0.6 is 0 Å². The standard InChI is InChI=1S/C11H26N4/c1-5-7-8-13-11(14-12)15(4)9-10(3)6-2/h10H,5-9,12H2,1-4H3,(H,13,14). The molecule has 3 N–H and O–H groups in total. The minimum Gasteiger partial charge on any atom is -0.345 e. The second-order valence-corrected chi connectivity index (χ2v) is 4.10.